The Morgan fingerprint density at radius 2 is 2.12 bits per heavy atom. The summed E-state index contributed by atoms with van der Waals surface area (Å²) >= 11 is 7.75. The predicted molar refractivity (Wildman–Crippen MR) is 99.4 cm³/mol. The average molecular weight is 362 g/mol. The third-order valence-electron chi connectivity index (χ3n) is 3.61. The highest BCUT2D eigenvalue weighted by molar-refractivity contribution is 7.11. The molecule has 1 amide bonds. The molecule has 0 fully saturated rings. The van der Waals surface area contributed by atoms with Crippen LogP contribution in [-0.2, 0) is 11.3 Å². The van der Waals surface area contributed by atoms with Crippen LogP contribution in [0.5, 0.6) is 0 Å². The first-order valence-electron chi connectivity index (χ1n) is 7.68. The second kappa shape index (κ2) is 8.29. The number of nitrogens with one attached hydrogen (secondary N) is 1. The molecule has 0 aliphatic carbocycles. The Morgan fingerprint density at radius 3 is 2.67 bits per heavy atom. The van der Waals surface area contributed by atoms with Crippen molar-refractivity contribution in [3.63, 3.8) is 0 Å². The van der Waals surface area contributed by atoms with Gasteiger partial charge in [0, 0.05) is 28.0 Å². The van der Waals surface area contributed by atoms with E-state index in [9.17, 15) is 4.79 Å². The van der Waals surface area contributed by atoms with E-state index in [-0.39, 0.29) is 11.9 Å². The van der Waals surface area contributed by atoms with E-state index in [1.165, 1.54) is 9.75 Å². The quantitative estimate of drug-likeness (QED) is 0.827. The topological polar surface area (TPSA) is 56.1 Å². The van der Waals surface area contributed by atoms with Crippen molar-refractivity contribution in [3.05, 3.63) is 50.7 Å². The highest BCUT2D eigenvalue weighted by atomic mass is 35.5. The van der Waals surface area contributed by atoms with Crippen molar-refractivity contribution in [2.24, 2.45) is 0 Å². The molecule has 0 aliphatic heterocycles. The molecule has 2 rings (SSSR count). The number of nitrogens with zero attached hydrogens (tertiary/aromatic N) is 2. The van der Waals surface area contributed by atoms with E-state index >= 15 is 0 Å². The molecule has 126 valence electrons. The monoisotopic (exact) mass is 361 g/mol. The molecule has 0 saturated heterocycles. The molecule has 0 unspecified atom stereocenters. The molecule has 2 aromatic rings. The normalized spacial score (nSPS) is 10.9. The van der Waals surface area contributed by atoms with Crippen LogP contribution in [0.25, 0.3) is 0 Å². The van der Waals surface area contributed by atoms with Crippen molar-refractivity contribution in [2.75, 3.05) is 11.9 Å². The van der Waals surface area contributed by atoms with E-state index in [2.05, 4.69) is 43.1 Å². The van der Waals surface area contributed by atoms with Crippen LogP contribution in [0.1, 0.15) is 29.2 Å². The molecule has 0 aliphatic rings. The van der Waals surface area contributed by atoms with Crippen molar-refractivity contribution in [1.29, 1.82) is 5.26 Å². The molecule has 0 spiro atoms. The number of amides is 1. The molecule has 1 aromatic heterocycles. The third kappa shape index (κ3) is 5.07. The number of carbonyl (C=O) groups excluding carboxylic acids is 1. The molecule has 0 saturated carbocycles. The summed E-state index contributed by atoms with van der Waals surface area (Å²) in [5.41, 5.74) is 0.992. The number of aryl methyl sites for hydroxylation is 1. The molecule has 1 aromatic carbocycles. The van der Waals surface area contributed by atoms with Gasteiger partial charge in [-0.05, 0) is 51.1 Å². The summed E-state index contributed by atoms with van der Waals surface area (Å²) in [4.78, 5) is 17.0. The van der Waals surface area contributed by atoms with Gasteiger partial charge in [-0.25, -0.2) is 0 Å². The summed E-state index contributed by atoms with van der Waals surface area (Å²) < 4.78 is 0. The first kappa shape index (κ1) is 18.5. The maximum Gasteiger partial charge on any atom is 0.238 e. The number of benzene rings is 1. The SMILES string of the molecule is Cc1ccc(CN(CC(=O)Nc2ccc(C#N)c(Cl)c2)C(C)C)s1. The van der Waals surface area contributed by atoms with Gasteiger partial charge in [0.2, 0.25) is 5.91 Å². The largest absolute Gasteiger partial charge is 0.325 e. The van der Waals surface area contributed by atoms with Crippen LogP contribution in [0, 0.1) is 18.3 Å². The van der Waals surface area contributed by atoms with Gasteiger partial charge in [-0.1, -0.05) is 11.6 Å². The lowest BCUT2D eigenvalue weighted by atomic mass is 10.2. The fourth-order valence-corrected chi connectivity index (χ4v) is 3.40. The van der Waals surface area contributed by atoms with E-state index in [1.807, 2.05) is 6.07 Å². The average Bonchev–Trinajstić information content (AvgIpc) is 2.92. The minimum atomic E-state index is -0.0993. The van der Waals surface area contributed by atoms with Gasteiger partial charge in [-0.3, -0.25) is 9.69 Å². The molecule has 6 heteroatoms. The van der Waals surface area contributed by atoms with Gasteiger partial charge >= 0.3 is 0 Å². The zero-order valence-corrected chi connectivity index (χ0v) is 15.5. The van der Waals surface area contributed by atoms with Crippen molar-refractivity contribution in [2.45, 2.75) is 33.4 Å². The fraction of sp³-hybridized carbons (Fsp3) is 0.333. The van der Waals surface area contributed by atoms with E-state index in [4.69, 9.17) is 16.9 Å². The molecule has 1 heterocycles. The van der Waals surface area contributed by atoms with Crippen LogP contribution in [0.2, 0.25) is 5.02 Å². The molecule has 0 atom stereocenters. The Hall–Kier alpha value is -1.87. The number of hydrogen-bond acceptors (Lipinski definition) is 4. The van der Waals surface area contributed by atoms with E-state index in [0.717, 1.165) is 6.54 Å². The summed E-state index contributed by atoms with van der Waals surface area (Å²) in [6.45, 7) is 7.28. The smallest absolute Gasteiger partial charge is 0.238 e. The first-order chi connectivity index (χ1) is 11.4. The number of hydrogen-bond donors (Lipinski definition) is 1. The maximum absolute atomic E-state index is 12.3. The standard InChI is InChI=1S/C18H20ClN3OS/c1-12(2)22(10-16-7-4-13(3)24-16)11-18(23)21-15-6-5-14(9-20)17(19)8-15/h4-8,12H,10-11H2,1-3H3,(H,21,23). The Kier molecular flexibility index (Phi) is 6.38. The van der Waals surface area contributed by atoms with Crippen molar-refractivity contribution in [3.8, 4) is 6.07 Å². The lowest BCUT2D eigenvalue weighted by molar-refractivity contribution is -0.117. The number of carbonyl (C=O) groups is 1. The molecule has 4 nitrogen and oxygen atoms in total. The Labute approximate surface area is 151 Å². The third-order valence-corrected chi connectivity index (χ3v) is 4.90. The van der Waals surface area contributed by atoms with Gasteiger partial charge < -0.3 is 5.32 Å². The highest BCUT2D eigenvalue weighted by Gasteiger charge is 2.16. The number of anilines is 1. The van der Waals surface area contributed by atoms with Gasteiger partial charge in [-0.2, -0.15) is 5.26 Å². The summed E-state index contributed by atoms with van der Waals surface area (Å²) in [5, 5.41) is 12.1. The lowest BCUT2D eigenvalue weighted by Gasteiger charge is -2.25. The van der Waals surface area contributed by atoms with Gasteiger partial charge in [0.05, 0.1) is 17.1 Å². The second-order valence-corrected chi connectivity index (χ2v) is 7.65. The second-order valence-electron chi connectivity index (χ2n) is 5.87. The zero-order valence-electron chi connectivity index (χ0n) is 14.0. The van der Waals surface area contributed by atoms with Crippen LogP contribution < -0.4 is 5.32 Å². The number of nitriles is 1. The number of rotatable bonds is 6. The molecular formula is C18H20ClN3OS. The molecule has 1 N–H and O–H groups in total. The van der Waals surface area contributed by atoms with Crippen LogP contribution in [-0.4, -0.2) is 23.4 Å². The lowest BCUT2D eigenvalue weighted by Crippen LogP contribution is -2.37. The first-order valence-corrected chi connectivity index (χ1v) is 8.87. The van der Waals surface area contributed by atoms with E-state index < -0.39 is 0 Å². The predicted octanol–water partition coefficient (Wildman–Crippen LogP) is 4.43. The summed E-state index contributed by atoms with van der Waals surface area (Å²) in [7, 11) is 0. The van der Waals surface area contributed by atoms with Crippen LogP contribution in [0.15, 0.2) is 30.3 Å². The van der Waals surface area contributed by atoms with Crippen LogP contribution in [0.4, 0.5) is 5.69 Å². The Morgan fingerprint density at radius 1 is 1.38 bits per heavy atom. The van der Waals surface area contributed by atoms with Crippen molar-refractivity contribution >= 4 is 34.5 Å². The minimum Gasteiger partial charge on any atom is -0.325 e. The van der Waals surface area contributed by atoms with Gasteiger partial charge in [0.25, 0.3) is 0 Å². The van der Waals surface area contributed by atoms with Gasteiger partial charge in [-0.15, -0.1) is 11.3 Å². The summed E-state index contributed by atoms with van der Waals surface area (Å²) in [6, 6.07) is 11.3. The number of halogens is 1. The molecule has 24 heavy (non-hydrogen) atoms. The summed E-state index contributed by atoms with van der Waals surface area (Å²) in [6.07, 6.45) is 0. The number of thiophene rings is 1. The minimum absolute atomic E-state index is 0.0993. The zero-order chi connectivity index (χ0) is 17.7. The fourth-order valence-electron chi connectivity index (χ4n) is 2.26. The van der Waals surface area contributed by atoms with Gasteiger partial charge in [0.1, 0.15) is 6.07 Å². The van der Waals surface area contributed by atoms with Crippen LogP contribution >= 0.6 is 22.9 Å². The van der Waals surface area contributed by atoms with Gasteiger partial charge in [0.15, 0.2) is 0 Å². The van der Waals surface area contributed by atoms with Crippen molar-refractivity contribution in [1.82, 2.24) is 4.90 Å². The molecule has 0 radical (unpaired) electrons. The highest BCUT2D eigenvalue weighted by Crippen LogP contribution is 2.21. The molecular weight excluding hydrogens is 342 g/mol. The van der Waals surface area contributed by atoms with Crippen molar-refractivity contribution < 1.29 is 4.79 Å². The summed E-state index contributed by atoms with van der Waals surface area (Å²) in [5.74, 6) is -0.0993. The Balaban J connectivity index is 2.00. The molecule has 0 bridgehead atoms. The van der Waals surface area contributed by atoms with E-state index in [1.54, 1.807) is 29.5 Å². The van der Waals surface area contributed by atoms with Crippen LogP contribution in [0.3, 0.4) is 0 Å². The Bertz CT molecular complexity index is 764. The van der Waals surface area contributed by atoms with E-state index in [0.29, 0.717) is 22.8 Å². The maximum atomic E-state index is 12.3.